The molecule has 0 aliphatic carbocycles. The molecule has 0 aromatic heterocycles. The Kier molecular flexibility index (Phi) is 5.88. The fraction of sp³-hybridized carbons (Fsp3) is 0.538. The summed E-state index contributed by atoms with van der Waals surface area (Å²) in [5.74, 6) is 0.453. The lowest BCUT2D eigenvalue weighted by atomic mass is 9.95. The van der Waals surface area contributed by atoms with Crippen molar-refractivity contribution in [1.29, 1.82) is 0 Å². The zero-order valence-electron chi connectivity index (χ0n) is 11.2. The van der Waals surface area contributed by atoms with E-state index < -0.39 is 4.92 Å². The molecule has 1 rings (SSSR count). The fourth-order valence-corrected chi connectivity index (χ4v) is 2.48. The molecule has 0 saturated heterocycles. The predicted molar refractivity (Wildman–Crippen MR) is 80.3 cm³/mol. The minimum atomic E-state index is -0.454. The normalized spacial score (nSPS) is 12.5. The van der Waals surface area contributed by atoms with Gasteiger partial charge in [-0.25, -0.2) is 0 Å². The Bertz CT molecular complexity index is 462. The second kappa shape index (κ2) is 6.96. The number of rotatable bonds is 6. The Morgan fingerprint density at radius 1 is 1.26 bits per heavy atom. The van der Waals surface area contributed by atoms with Crippen LogP contribution in [0.3, 0.4) is 0 Å². The highest BCUT2D eigenvalue weighted by Gasteiger charge is 2.21. The van der Waals surface area contributed by atoms with E-state index in [1.54, 1.807) is 0 Å². The number of halogens is 2. The summed E-state index contributed by atoms with van der Waals surface area (Å²) in [6, 6.07) is 2.93. The summed E-state index contributed by atoms with van der Waals surface area (Å²) in [5.41, 5.74) is 0.367. The van der Waals surface area contributed by atoms with E-state index in [4.69, 9.17) is 23.2 Å². The molecule has 1 atom stereocenters. The molecule has 6 heteroatoms. The molecule has 1 N–H and O–H groups in total. The fourth-order valence-electron chi connectivity index (χ4n) is 2.16. The average Bonchev–Trinajstić information content (AvgIpc) is 2.34. The third-order valence-corrected chi connectivity index (χ3v) is 4.10. The lowest BCUT2D eigenvalue weighted by molar-refractivity contribution is -0.384. The van der Waals surface area contributed by atoms with Gasteiger partial charge in [-0.15, -0.1) is 0 Å². The Morgan fingerprint density at radius 2 is 1.79 bits per heavy atom. The monoisotopic (exact) mass is 304 g/mol. The molecule has 19 heavy (non-hydrogen) atoms. The van der Waals surface area contributed by atoms with Gasteiger partial charge in [0.25, 0.3) is 5.69 Å². The molecular formula is C13H18Cl2N2O2. The van der Waals surface area contributed by atoms with Crippen LogP contribution in [0.25, 0.3) is 0 Å². The average molecular weight is 305 g/mol. The van der Waals surface area contributed by atoms with Gasteiger partial charge in [-0.05, 0) is 18.9 Å². The summed E-state index contributed by atoms with van der Waals surface area (Å²) >= 11 is 11.7. The van der Waals surface area contributed by atoms with Crippen molar-refractivity contribution in [2.24, 2.45) is 5.92 Å². The maximum atomic E-state index is 11.0. The summed E-state index contributed by atoms with van der Waals surface area (Å²) in [6.07, 6.45) is 2.03. The minimum Gasteiger partial charge on any atom is -0.377 e. The van der Waals surface area contributed by atoms with E-state index >= 15 is 0 Å². The molecule has 1 aromatic rings. The quantitative estimate of drug-likeness (QED) is 0.585. The third kappa shape index (κ3) is 3.98. The van der Waals surface area contributed by atoms with Gasteiger partial charge in [-0.3, -0.25) is 10.1 Å². The second-order valence-electron chi connectivity index (χ2n) is 4.55. The predicted octanol–water partition coefficient (Wildman–Crippen LogP) is 5.14. The van der Waals surface area contributed by atoms with Gasteiger partial charge in [-0.2, -0.15) is 0 Å². The highest BCUT2D eigenvalue weighted by atomic mass is 35.5. The number of hydrogen-bond acceptors (Lipinski definition) is 3. The van der Waals surface area contributed by atoms with E-state index in [1.807, 2.05) is 6.92 Å². The van der Waals surface area contributed by atoms with Crippen molar-refractivity contribution in [3.8, 4) is 0 Å². The third-order valence-electron chi connectivity index (χ3n) is 3.37. The Labute approximate surface area is 123 Å². The number of benzene rings is 1. The topological polar surface area (TPSA) is 55.2 Å². The molecule has 0 heterocycles. The Hall–Kier alpha value is -1.00. The first-order chi connectivity index (χ1) is 8.90. The SMILES string of the molecule is CCC(CC)C(C)Nc1cc(Cl)c(Cl)cc1[N+](=O)[O-]. The molecule has 0 aliphatic heterocycles. The summed E-state index contributed by atoms with van der Waals surface area (Å²) in [7, 11) is 0. The van der Waals surface area contributed by atoms with Crippen molar-refractivity contribution in [1.82, 2.24) is 0 Å². The van der Waals surface area contributed by atoms with Crippen LogP contribution >= 0.6 is 23.2 Å². The Morgan fingerprint density at radius 3 is 2.26 bits per heavy atom. The highest BCUT2D eigenvalue weighted by Crippen LogP contribution is 2.35. The molecule has 0 radical (unpaired) electrons. The van der Waals surface area contributed by atoms with E-state index in [0.717, 1.165) is 12.8 Å². The van der Waals surface area contributed by atoms with Crippen molar-refractivity contribution in [3.63, 3.8) is 0 Å². The van der Waals surface area contributed by atoms with Gasteiger partial charge in [-0.1, -0.05) is 49.9 Å². The van der Waals surface area contributed by atoms with Crippen LogP contribution < -0.4 is 5.32 Å². The molecule has 0 aliphatic rings. The molecular weight excluding hydrogens is 287 g/mol. The van der Waals surface area contributed by atoms with Crippen LogP contribution in [-0.4, -0.2) is 11.0 Å². The lowest BCUT2D eigenvalue weighted by Crippen LogP contribution is -2.25. The molecule has 4 nitrogen and oxygen atoms in total. The number of anilines is 1. The molecule has 1 unspecified atom stereocenters. The van der Waals surface area contributed by atoms with Crippen molar-refractivity contribution in [3.05, 3.63) is 32.3 Å². The minimum absolute atomic E-state index is 0.0489. The van der Waals surface area contributed by atoms with Gasteiger partial charge in [0.15, 0.2) is 0 Å². The molecule has 0 fully saturated rings. The lowest BCUT2D eigenvalue weighted by Gasteiger charge is -2.23. The van der Waals surface area contributed by atoms with Gasteiger partial charge in [0.1, 0.15) is 5.69 Å². The van der Waals surface area contributed by atoms with Gasteiger partial charge in [0.05, 0.1) is 15.0 Å². The number of nitrogens with zero attached hydrogens (tertiary/aromatic N) is 1. The van der Waals surface area contributed by atoms with E-state index in [-0.39, 0.29) is 16.8 Å². The maximum Gasteiger partial charge on any atom is 0.293 e. The number of nitro groups is 1. The van der Waals surface area contributed by atoms with Crippen LogP contribution in [0.5, 0.6) is 0 Å². The second-order valence-corrected chi connectivity index (χ2v) is 5.36. The van der Waals surface area contributed by atoms with Crippen LogP contribution in [0.4, 0.5) is 11.4 Å². The standard InChI is InChI=1S/C13H18Cl2N2O2/c1-4-9(5-2)8(3)16-12-6-10(14)11(15)7-13(12)17(18)19/h6-9,16H,4-5H2,1-3H3. The van der Waals surface area contributed by atoms with Crippen LogP contribution in [0.1, 0.15) is 33.6 Å². The smallest absolute Gasteiger partial charge is 0.293 e. The summed E-state index contributed by atoms with van der Waals surface area (Å²) in [6.45, 7) is 6.23. The van der Waals surface area contributed by atoms with Crippen LogP contribution in [0, 0.1) is 16.0 Å². The van der Waals surface area contributed by atoms with E-state index in [2.05, 4.69) is 19.2 Å². The molecule has 0 saturated carbocycles. The first-order valence-electron chi connectivity index (χ1n) is 6.30. The van der Waals surface area contributed by atoms with Gasteiger partial charge < -0.3 is 5.32 Å². The van der Waals surface area contributed by atoms with E-state index in [1.165, 1.54) is 12.1 Å². The van der Waals surface area contributed by atoms with Crippen LogP contribution in [0.15, 0.2) is 12.1 Å². The first kappa shape index (κ1) is 16.1. The molecule has 106 valence electrons. The number of nitro benzene ring substituents is 1. The van der Waals surface area contributed by atoms with Crippen LogP contribution in [0.2, 0.25) is 10.0 Å². The zero-order chi connectivity index (χ0) is 14.6. The Balaban J connectivity index is 3.06. The van der Waals surface area contributed by atoms with Crippen molar-refractivity contribution in [2.45, 2.75) is 39.7 Å². The van der Waals surface area contributed by atoms with Gasteiger partial charge in [0, 0.05) is 12.1 Å². The van der Waals surface area contributed by atoms with Crippen LogP contribution in [-0.2, 0) is 0 Å². The number of nitrogens with one attached hydrogen (secondary N) is 1. The van der Waals surface area contributed by atoms with E-state index in [0.29, 0.717) is 16.6 Å². The summed E-state index contributed by atoms with van der Waals surface area (Å²) in [5, 5.41) is 14.7. The maximum absolute atomic E-state index is 11.0. The summed E-state index contributed by atoms with van der Waals surface area (Å²) < 4.78 is 0. The van der Waals surface area contributed by atoms with Gasteiger partial charge >= 0.3 is 0 Å². The largest absolute Gasteiger partial charge is 0.377 e. The number of hydrogen-bond donors (Lipinski definition) is 1. The first-order valence-corrected chi connectivity index (χ1v) is 7.06. The molecule has 0 amide bonds. The molecule has 0 spiro atoms. The molecule has 0 bridgehead atoms. The van der Waals surface area contributed by atoms with E-state index in [9.17, 15) is 10.1 Å². The summed E-state index contributed by atoms with van der Waals surface area (Å²) in [4.78, 5) is 10.6. The van der Waals surface area contributed by atoms with Gasteiger partial charge in [0.2, 0.25) is 0 Å². The van der Waals surface area contributed by atoms with Crippen molar-refractivity contribution >= 4 is 34.6 Å². The molecule has 1 aromatic carbocycles. The van der Waals surface area contributed by atoms with Crippen molar-refractivity contribution in [2.75, 3.05) is 5.32 Å². The zero-order valence-corrected chi connectivity index (χ0v) is 12.8. The van der Waals surface area contributed by atoms with Crippen molar-refractivity contribution < 1.29 is 4.92 Å². The highest BCUT2D eigenvalue weighted by molar-refractivity contribution is 6.42.